The first-order valence-electron chi connectivity index (χ1n) is 13.1. The summed E-state index contributed by atoms with van der Waals surface area (Å²) in [6, 6.07) is 13.4. The van der Waals surface area contributed by atoms with Crippen molar-refractivity contribution in [2.75, 3.05) is 18.6 Å². The van der Waals surface area contributed by atoms with Crippen LogP contribution in [0.4, 0.5) is 5.69 Å². The van der Waals surface area contributed by atoms with Gasteiger partial charge in [0.2, 0.25) is 5.91 Å². The topological polar surface area (TPSA) is 110 Å². The molecule has 3 aromatic rings. The number of aromatic nitrogens is 1. The van der Waals surface area contributed by atoms with Crippen LogP contribution in [0.5, 0.6) is 0 Å². The third-order valence-corrected chi connectivity index (χ3v) is 7.60. The lowest BCUT2D eigenvalue weighted by atomic mass is 9.89. The van der Waals surface area contributed by atoms with Crippen LogP contribution in [-0.2, 0) is 11.2 Å². The third-order valence-electron chi connectivity index (χ3n) is 7.60. The lowest BCUT2D eigenvalue weighted by Crippen LogP contribution is -2.56. The summed E-state index contributed by atoms with van der Waals surface area (Å²) in [6.45, 7) is 1.67. The molecule has 3 N–H and O–H groups in total. The fourth-order valence-corrected chi connectivity index (χ4v) is 5.71. The monoisotopic (exact) mass is 511 g/mol. The number of benzene rings is 2. The molecular formula is C30H33N5O3. The molecule has 2 atom stereocenters. The second kappa shape index (κ2) is 10.8. The number of hydrogen-bond acceptors (Lipinski definition) is 6. The van der Waals surface area contributed by atoms with E-state index in [1.54, 1.807) is 29.2 Å². The highest BCUT2D eigenvalue weighted by Gasteiger charge is 2.39. The summed E-state index contributed by atoms with van der Waals surface area (Å²) in [5, 5.41) is 23.1. The van der Waals surface area contributed by atoms with Gasteiger partial charge >= 0.3 is 0 Å². The van der Waals surface area contributed by atoms with Crippen LogP contribution < -0.4 is 10.2 Å². The number of nitrogens with zero attached hydrogens (tertiary/aromatic N) is 3. The minimum atomic E-state index is -0.588. The van der Waals surface area contributed by atoms with E-state index in [2.05, 4.69) is 10.3 Å². The van der Waals surface area contributed by atoms with Crippen LogP contribution >= 0.6 is 0 Å². The average Bonchev–Trinajstić information content (AvgIpc) is 2.93. The standard InChI is InChI=1S/C30H33N5O3/c1-19(36)34-18-35(27-9-5-6-10-28(27)37)30(38)25-14-21(23-7-3-4-8-24(23)29(25)34)13-20-11-12-26(33-16-20)22(15-31)17-32-2/h3-4,7-8,11-12,14-17,27-28,31-32,37H,5-6,9-10,13,18H2,1-2H3/b22-17+,31-15?/t27-,28-/m0/s1. The van der Waals surface area contributed by atoms with E-state index in [9.17, 15) is 14.7 Å². The van der Waals surface area contributed by atoms with E-state index < -0.39 is 6.10 Å². The zero-order chi connectivity index (χ0) is 26.8. The number of hydrogen-bond donors (Lipinski definition) is 3. The largest absolute Gasteiger partial charge is 0.393 e. The first-order chi connectivity index (χ1) is 18.4. The summed E-state index contributed by atoms with van der Waals surface area (Å²) in [4.78, 5) is 34.7. The van der Waals surface area contributed by atoms with E-state index in [4.69, 9.17) is 5.41 Å². The van der Waals surface area contributed by atoms with Crippen molar-refractivity contribution in [2.45, 2.75) is 51.2 Å². The van der Waals surface area contributed by atoms with E-state index >= 15 is 0 Å². The molecule has 8 heteroatoms. The zero-order valence-corrected chi connectivity index (χ0v) is 21.8. The maximum absolute atomic E-state index is 13.9. The fourth-order valence-electron chi connectivity index (χ4n) is 5.71. The Hall–Kier alpha value is -4.04. The van der Waals surface area contributed by atoms with Gasteiger partial charge in [-0.3, -0.25) is 19.5 Å². The summed E-state index contributed by atoms with van der Waals surface area (Å²) in [6.07, 6.45) is 8.04. The Morgan fingerprint density at radius 3 is 2.61 bits per heavy atom. The molecule has 1 aromatic heterocycles. The molecule has 38 heavy (non-hydrogen) atoms. The van der Waals surface area contributed by atoms with Crippen LogP contribution in [0.3, 0.4) is 0 Å². The average molecular weight is 512 g/mol. The number of carbonyl (C=O) groups excluding carboxylic acids is 2. The molecule has 8 nitrogen and oxygen atoms in total. The predicted molar refractivity (Wildman–Crippen MR) is 149 cm³/mol. The maximum atomic E-state index is 13.9. The first kappa shape index (κ1) is 25.6. The van der Waals surface area contributed by atoms with Crippen molar-refractivity contribution in [3.05, 3.63) is 77.2 Å². The van der Waals surface area contributed by atoms with Crippen molar-refractivity contribution in [1.29, 1.82) is 5.41 Å². The molecule has 0 spiro atoms. The van der Waals surface area contributed by atoms with Crippen LogP contribution in [0.1, 0.15) is 59.8 Å². The Morgan fingerprint density at radius 1 is 1.18 bits per heavy atom. The Labute approximate surface area is 222 Å². The molecule has 2 aliphatic rings. The number of rotatable bonds is 6. The second-order valence-corrected chi connectivity index (χ2v) is 10.0. The molecule has 1 aliphatic heterocycles. The second-order valence-electron chi connectivity index (χ2n) is 10.0. The van der Waals surface area contributed by atoms with Gasteiger partial charge < -0.3 is 20.7 Å². The van der Waals surface area contributed by atoms with Gasteiger partial charge in [0.1, 0.15) is 6.67 Å². The van der Waals surface area contributed by atoms with Crippen LogP contribution in [0.25, 0.3) is 16.3 Å². The van der Waals surface area contributed by atoms with E-state index in [1.807, 2.05) is 42.5 Å². The number of aliphatic hydroxyl groups is 1. The van der Waals surface area contributed by atoms with Gasteiger partial charge in [-0.25, -0.2) is 0 Å². The number of pyridine rings is 1. The van der Waals surface area contributed by atoms with Crippen molar-refractivity contribution < 1.29 is 14.7 Å². The molecular weight excluding hydrogens is 478 g/mol. The summed E-state index contributed by atoms with van der Waals surface area (Å²) in [5.74, 6) is -0.278. The molecule has 1 aliphatic carbocycles. The van der Waals surface area contributed by atoms with E-state index in [0.717, 1.165) is 41.2 Å². The number of aliphatic hydroxyl groups excluding tert-OH is 1. The molecule has 1 fully saturated rings. The number of amides is 2. The van der Waals surface area contributed by atoms with Crippen molar-refractivity contribution in [1.82, 2.24) is 15.2 Å². The maximum Gasteiger partial charge on any atom is 0.257 e. The summed E-state index contributed by atoms with van der Waals surface area (Å²) < 4.78 is 0. The van der Waals surface area contributed by atoms with E-state index in [1.165, 1.54) is 13.1 Å². The minimum Gasteiger partial charge on any atom is -0.393 e. The number of carbonyl (C=O) groups is 2. The van der Waals surface area contributed by atoms with Crippen molar-refractivity contribution >= 4 is 40.1 Å². The molecule has 196 valence electrons. The fraction of sp³-hybridized carbons (Fsp3) is 0.333. The van der Waals surface area contributed by atoms with Crippen molar-refractivity contribution in [3.8, 4) is 0 Å². The van der Waals surface area contributed by atoms with Crippen LogP contribution in [-0.4, -0.2) is 58.9 Å². The smallest absolute Gasteiger partial charge is 0.257 e. The quantitative estimate of drug-likeness (QED) is 0.432. The first-order valence-corrected chi connectivity index (χ1v) is 13.1. The van der Waals surface area contributed by atoms with Crippen LogP contribution in [0.15, 0.2) is 54.9 Å². The molecule has 0 bridgehead atoms. The van der Waals surface area contributed by atoms with E-state index in [0.29, 0.717) is 35.4 Å². The van der Waals surface area contributed by atoms with Gasteiger partial charge in [-0.15, -0.1) is 0 Å². The molecule has 0 radical (unpaired) electrons. The highest BCUT2D eigenvalue weighted by Crippen LogP contribution is 2.39. The summed E-state index contributed by atoms with van der Waals surface area (Å²) in [7, 11) is 1.78. The number of nitrogens with one attached hydrogen (secondary N) is 2. The van der Waals surface area contributed by atoms with Gasteiger partial charge in [-0.05, 0) is 47.9 Å². The Morgan fingerprint density at radius 2 is 1.95 bits per heavy atom. The van der Waals surface area contributed by atoms with Gasteiger partial charge in [0.05, 0.1) is 29.1 Å². The van der Waals surface area contributed by atoms with Crippen LogP contribution in [0.2, 0.25) is 0 Å². The van der Waals surface area contributed by atoms with Gasteiger partial charge in [0.15, 0.2) is 0 Å². The number of allylic oxidation sites excluding steroid dienone is 1. The normalized spacial score (nSPS) is 19.9. The number of fused-ring (bicyclic) bond motifs is 3. The summed E-state index contributed by atoms with van der Waals surface area (Å²) >= 11 is 0. The molecule has 5 rings (SSSR count). The zero-order valence-electron chi connectivity index (χ0n) is 21.8. The third kappa shape index (κ3) is 4.67. The molecule has 2 aromatic carbocycles. The molecule has 2 heterocycles. The van der Waals surface area contributed by atoms with E-state index in [-0.39, 0.29) is 24.5 Å². The molecule has 0 unspecified atom stereocenters. The molecule has 2 amide bonds. The predicted octanol–water partition coefficient (Wildman–Crippen LogP) is 4.11. The lowest BCUT2D eigenvalue weighted by molar-refractivity contribution is -0.117. The van der Waals surface area contributed by atoms with Crippen LogP contribution in [0, 0.1) is 5.41 Å². The van der Waals surface area contributed by atoms with Gasteiger partial charge in [0.25, 0.3) is 5.91 Å². The lowest BCUT2D eigenvalue weighted by Gasteiger charge is -2.44. The molecule has 1 saturated carbocycles. The Bertz CT molecular complexity index is 1420. The van der Waals surface area contributed by atoms with Gasteiger partial charge in [-0.2, -0.15) is 0 Å². The van der Waals surface area contributed by atoms with Crippen molar-refractivity contribution in [3.63, 3.8) is 0 Å². The minimum absolute atomic E-state index is 0.136. The molecule has 0 saturated heterocycles. The highest BCUT2D eigenvalue weighted by atomic mass is 16.3. The van der Waals surface area contributed by atoms with Gasteiger partial charge in [0, 0.05) is 43.5 Å². The Balaban J connectivity index is 1.58. The Kier molecular flexibility index (Phi) is 7.24. The van der Waals surface area contributed by atoms with Crippen molar-refractivity contribution in [2.24, 2.45) is 0 Å². The van der Waals surface area contributed by atoms with Gasteiger partial charge in [-0.1, -0.05) is 43.2 Å². The summed E-state index contributed by atoms with van der Waals surface area (Å²) in [5.41, 5.74) is 4.45. The highest BCUT2D eigenvalue weighted by molar-refractivity contribution is 6.16. The SMILES string of the molecule is CN/C=C(\C=N)c1ccc(Cc2cc3c(c4ccccc24)N(C(C)=O)CN([C@H]2CCCC[C@@H]2O)C3=O)cn1. The number of anilines is 1.